The molecule has 2 rings (SSSR count). The van der Waals surface area contributed by atoms with Crippen LogP contribution >= 0.6 is 11.3 Å². The molecule has 0 aliphatic rings. The molecule has 0 unspecified atom stereocenters. The number of nitrogens with two attached hydrogens (primary N) is 1. The number of sulfonamides is 1. The van der Waals surface area contributed by atoms with Crippen molar-refractivity contribution in [2.75, 3.05) is 18.4 Å². The fourth-order valence-electron chi connectivity index (χ4n) is 1.83. The molecule has 2 amide bonds. The number of thiazole rings is 1. The first-order chi connectivity index (χ1) is 11.7. The largest absolute Gasteiger partial charge is 0.497 e. The van der Waals surface area contributed by atoms with Gasteiger partial charge < -0.3 is 15.8 Å². The normalized spacial score (nSPS) is 11.0. The second-order valence-corrected chi connectivity index (χ2v) is 7.55. The molecule has 0 radical (unpaired) electrons. The van der Waals surface area contributed by atoms with Crippen LogP contribution in [0.4, 0.5) is 5.13 Å². The highest BCUT2D eigenvalue weighted by Gasteiger charge is 2.20. The summed E-state index contributed by atoms with van der Waals surface area (Å²) in [5.74, 6) is -0.711. The third-order valence-electron chi connectivity index (χ3n) is 3.02. The Labute approximate surface area is 148 Å². The number of ether oxygens (including phenoxy) is 1. The topological polar surface area (TPSA) is 140 Å². The molecule has 0 saturated heterocycles. The summed E-state index contributed by atoms with van der Waals surface area (Å²) in [5.41, 5.74) is 5.30. The van der Waals surface area contributed by atoms with E-state index in [1.54, 1.807) is 6.92 Å². The molecule has 1 aromatic heterocycles. The number of carbonyl (C=O) groups excluding carboxylic acids is 2. The highest BCUT2D eigenvalue weighted by Crippen LogP contribution is 2.25. The monoisotopic (exact) mass is 384 g/mol. The number of carbonyl (C=O) groups is 2. The van der Waals surface area contributed by atoms with Crippen molar-refractivity contribution in [1.29, 1.82) is 0 Å². The van der Waals surface area contributed by atoms with Gasteiger partial charge in [0, 0.05) is 0 Å². The van der Waals surface area contributed by atoms with E-state index in [-0.39, 0.29) is 21.4 Å². The van der Waals surface area contributed by atoms with Gasteiger partial charge in [-0.2, -0.15) is 0 Å². The Kier molecular flexibility index (Phi) is 5.59. The van der Waals surface area contributed by atoms with Gasteiger partial charge in [0.1, 0.15) is 10.6 Å². The van der Waals surface area contributed by atoms with Crippen molar-refractivity contribution >= 4 is 38.3 Å². The van der Waals surface area contributed by atoms with Crippen LogP contribution in [0.5, 0.6) is 5.75 Å². The Morgan fingerprint density at radius 1 is 1.28 bits per heavy atom. The van der Waals surface area contributed by atoms with Crippen molar-refractivity contribution in [1.82, 2.24) is 10.3 Å². The Morgan fingerprint density at radius 2 is 1.92 bits per heavy atom. The summed E-state index contributed by atoms with van der Waals surface area (Å²) in [5, 5.41) is 2.36. The minimum absolute atomic E-state index is 0.0286. The summed E-state index contributed by atoms with van der Waals surface area (Å²) < 4.78 is 32.0. The number of anilines is 1. The van der Waals surface area contributed by atoms with Crippen molar-refractivity contribution in [2.45, 2.75) is 11.8 Å². The van der Waals surface area contributed by atoms with Gasteiger partial charge in [0.05, 0.1) is 24.2 Å². The molecular formula is C14H16N4O5S2. The quantitative estimate of drug-likeness (QED) is 0.634. The molecule has 25 heavy (non-hydrogen) atoms. The van der Waals surface area contributed by atoms with Gasteiger partial charge in [0.25, 0.3) is 15.9 Å². The first-order valence-electron chi connectivity index (χ1n) is 6.93. The van der Waals surface area contributed by atoms with Gasteiger partial charge >= 0.3 is 0 Å². The maximum atomic E-state index is 12.4. The number of hydrogen-bond acceptors (Lipinski definition) is 7. The van der Waals surface area contributed by atoms with Gasteiger partial charge in [0.2, 0.25) is 5.91 Å². The summed E-state index contributed by atoms with van der Waals surface area (Å²) >= 11 is 0.858. The number of nitrogens with one attached hydrogen (secondary N) is 2. The summed E-state index contributed by atoms with van der Waals surface area (Å²) in [4.78, 5) is 26.9. The van der Waals surface area contributed by atoms with Crippen LogP contribution in [-0.4, -0.2) is 38.9 Å². The number of methoxy groups -OCH3 is 1. The average Bonchev–Trinajstić information content (AvgIpc) is 2.92. The van der Waals surface area contributed by atoms with E-state index in [4.69, 9.17) is 10.5 Å². The SMILES string of the molecule is COc1ccc(S(=O)(=O)Nc2nc(C)c(C(=O)NCC(N)=O)s2)cc1. The lowest BCUT2D eigenvalue weighted by Crippen LogP contribution is -2.33. The maximum absolute atomic E-state index is 12.4. The van der Waals surface area contributed by atoms with Crippen molar-refractivity contribution in [3.63, 3.8) is 0 Å². The average molecular weight is 384 g/mol. The molecule has 0 atom stereocenters. The third kappa shape index (κ3) is 4.67. The minimum atomic E-state index is -3.86. The highest BCUT2D eigenvalue weighted by atomic mass is 32.2. The maximum Gasteiger partial charge on any atom is 0.263 e. The summed E-state index contributed by atoms with van der Waals surface area (Å²) in [7, 11) is -2.38. The smallest absolute Gasteiger partial charge is 0.263 e. The predicted molar refractivity (Wildman–Crippen MR) is 92.2 cm³/mol. The van der Waals surface area contributed by atoms with E-state index in [1.165, 1.54) is 31.4 Å². The molecule has 1 aromatic carbocycles. The highest BCUT2D eigenvalue weighted by molar-refractivity contribution is 7.93. The Hall–Kier alpha value is -2.66. The zero-order valence-corrected chi connectivity index (χ0v) is 15.0. The fourth-order valence-corrected chi connectivity index (χ4v) is 3.94. The molecule has 0 bridgehead atoms. The van der Waals surface area contributed by atoms with Crippen LogP contribution in [0.15, 0.2) is 29.2 Å². The molecule has 0 aliphatic heterocycles. The molecule has 0 aliphatic carbocycles. The van der Waals surface area contributed by atoms with Crippen LogP contribution in [0.1, 0.15) is 15.4 Å². The molecule has 134 valence electrons. The van der Waals surface area contributed by atoms with Crippen LogP contribution in [0.25, 0.3) is 0 Å². The predicted octanol–water partition coefficient (Wildman–Crippen LogP) is 0.476. The summed E-state index contributed by atoms with van der Waals surface area (Å²) in [6, 6.07) is 5.82. The van der Waals surface area contributed by atoms with Crippen molar-refractivity contribution in [2.24, 2.45) is 5.73 Å². The van der Waals surface area contributed by atoms with Crippen LogP contribution in [0, 0.1) is 6.92 Å². The summed E-state index contributed by atoms with van der Waals surface area (Å²) in [6.45, 7) is 1.24. The number of rotatable bonds is 7. The second-order valence-electron chi connectivity index (χ2n) is 4.86. The first kappa shape index (κ1) is 18.7. The molecule has 0 spiro atoms. The van der Waals surface area contributed by atoms with Gasteiger partial charge in [-0.05, 0) is 31.2 Å². The molecule has 9 nitrogen and oxygen atoms in total. The number of primary amides is 1. The van der Waals surface area contributed by atoms with Gasteiger partial charge in [0.15, 0.2) is 5.13 Å². The fraction of sp³-hybridized carbons (Fsp3) is 0.214. The molecular weight excluding hydrogens is 368 g/mol. The molecule has 0 saturated carbocycles. The van der Waals surface area contributed by atoms with Crippen LogP contribution in [-0.2, 0) is 14.8 Å². The van der Waals surface area contributed by atoms with E-state index in [9.17, 15) is 18.0 Å². The zero-order chi connectivity index (χ0) is 18.6. The van der Waals surface area contributed by atoms with E-state index in [0.717, 1.165) is 11.3 Å². The first-order valence-corrected chi connectivity index (χ1v) is 9.23. The zero-order valence-electron chi connectivity index (χ0n) is 13.4. The summed E-state index contributed by atoms with van der Waals surface area (Å²) in [6.07, 6.45) is 0. The minimum Gasteiger partial charge on any atom is -0.497 e. The Morgan fingerprint density at radius 3 is 2.48 bits per heavy atom. The number of hydrogen-bond donors (Lipinski definition) is 3. The lowest BCUT2D eigenvalue weighted by molar-refractivity contribution is -0.117. The molecule has 11 heteroatoms. The lowest BCUT2D eigenvalue weighted by atomic mass is 10.3. The Balaban J connectivity index is 2.18. The van der Waals surface area contributed by atoms with E-state index in [2.05, 4.69) is 15.0 Å². The van der Waals surface area contributed by atoms with Gasteiger partial charge in [-0.15, -0.1) is 0 Å². The molecule has 2 aromatic rings. The van der Waals surface area contributed by atoms with E-state index in [0.29, 0.717) is 11.4 Å². The number of benzene rings is 1. The Bertz CT molecular complexity index is 890. The van der Waals surface area contributed by atoms with Gasteiger partial charge in [-0.3, -0.25) is 14.3 Å². The van der Waals surface area contributed by atoms with Gasteiger partial charge in [-0.1, -0.05) is 11.3 Å². The van der Waals surface area contributed by atoms with Gasteiger partial charge in [-0.25, -0.2) is 13.4 Å². The lowest BCUT2D eigenvalue weighted by Gasteiger charge is -2.06. The van der Waals surface area contributed by atoms with Crippen LogP contribution < -0.4 is 20.5 Å². The molecule has 1 heterocycles. The van der Waals surface area contributed by atoms with E-state index < -0.39 is 21.8 Å². The standard InChI is InChI=1S/C14H16N4O5S2/c1-8-12(13(20)16-7-11(15)19)24-14(17-8)18-25(21,22)10-5-3-9(23-2)4-6-10/h3-6H,7H2,1-2H3,(H2,15,19)(H,16,20)(H,17,18). The molecule has 4 N–H and O–H groups in total. The molecule has 0 fully saturated rings. The second kappa shape index (κ2) is 7.49. The van der Waals surface area contributed by atoms with Crippen molar-refractivity contribution in [3.05, 3.63) is 34.8 Å². The van der Waals surface area contributed by atoms with E-state index in [1.807, 2.05) is 0 Å². The van der Waals surface area contributed by atoms with Crippen LogP contribution in [0.3, 0.4) is 0 Å². The van der Waals surface area contributed by atoms with Crippen LogP contribution in [0.2, 0.25) is 0 Å². The third-order valence-corrected chi connectivity index (χ3v) is 5.57. The number of aromatic nitrogens is 1. The number of aryl methyl sites for hydroxylation is 1. The number of nitrogens with zero attached hydrogens (tertiary/aromatic N) is 1. The van der Waals surface area contributed by atoms with Crippen molar-refractivity contribution in [3.8, 4) is 5.75 Å². The van der Waals surface area contributed by atoms with E-state index >= 15 is 0 Å². The van der Waals surface area contributed by atoms with Crippen molar-refractivity contribution < 1.29 is 22.7 Å². The number of amides is 2.